The fourth-order valence-corrected chi connectivity index (χ4v) is 5.86. The van der Waals surface area contributed by atoms with Crippen LogP contribution in [0, 0.1) is 0 Å². The van der Waals surface area contributed by atoms with Gasteiger partial charge >= 0.3 is 6.03 Å². The van der Waals surface area contributed by atoms with Crippen molar-refractivity contribution >= 4 is 21.6 Å². The number of anilines is 1. The van der Waals surface area contributed by atoms with Crippen LogP contribution in [0.25, 0.3) is 0 Å². The smallest absolute Gasteiger partial charge is 0.325 e. The molecule has 7 heteroatoms. The van der Waals surface area contributed by atoms with Crippen LogP contribution in [0.2, 0.25) is 0 Å². The fourth-order valence-electron chi connectivity index (χ4n) is 3.91. The minimum Gasteiger partial charge on any atom is -0.494 e. The van der Waals surface area contributed by atoms with Gasteiger partial charge in [0.1, 0.15) is 5.75 Å². The number of urea groups is 1. The number of sulfone groups is 1. The van der Waals surface area contributed by atoms with Gasteiger partial charge in [-0.25, -0.2) is 13.2 Å². The maximum absolute atomic E-state index is 13.2. The SMILES string of the molecule is CCOc1ccc(N2C(=O)N(Cc3ccccc3)[C@@H]3CS(=O)(=O)C[C@H]32)cc1. The van der Waals surface area contributed by atoms with Gasteiger partial charge in [0.15, 0.2) is 9.84 Å². The number of nitrogens with zero attached hydrogens (tertiary/aromatic N) is 2. The van der Waals surface area contributed by atoms with Gasteiger partial charge in [0, 0.05) is 12.2 Å². The van der Waals surface area contributed by atoms with Crippen LogP contribution in [0.1, 0.15) is 12.5 Å². The molecule has 0 saturated carbocycles. The molecule has 0 bridgehead atoms. The van der Waals surface area contributed by atoms with Crippen LogP contribution in [0.4, 0.5) is 10.5 Å². The highest BCUT2D eigenvalue weighted by Gasteiger charge is 2.53. The van der Waals surface area contributed by atoms with Crippen LogP contribution in [0.5, 0.6) is 5.75 Å². The first-order valence-electron chi connectivity index (χ1n) is 9.05. The maximum Gasteiger partial charge on any atom is 0.325 e. The summed E-state index contributed by atoms with van der Waals surface area (Å²) in [6.45, 7) is 2.88. The van der Waals surface area contributed by atoms with Gasteiger partial charge in [-0.3, -0.25) is 4.90 Å². The number of ether oxygens (including phenoxy) is 1. The van der Waals surface area contributed by atoms with E-state index in [1.165, 1.54) is 0 Å². The van der Waals surface area contributed by atoms with E-state index in [4.69, 9.17) is 4.74 Å². The Morgan fingerprint density at radius 3 is 2.33 bits per heavy atom. The third kappa shape index (κ3) is 3.39. The third-order valence-corrected chi connectivity index (χ3v) is 6.80. The first kappa shape index (κ1) is 17.9. The topological polar surface area (TPSA) is 66.9 Å². The Bertz CT molecular complexity index is 928. The number of carbonyl (C=O) groups is 1. The van der Waals surface area contributed by atoms with Crippen LogP contribution in [0.15, 0.2) is 54.6 Å². The van der Waals surface area contributed by atoms with Crippen molar-refractivity contribution in [2.75, 3.05) is 23.0 Å². The second-order valence-electron chi connectivity index (χ2n) is 6.90. The van der Waals surface area contributed by atoms with Crippen molar-refractivity contribution in [3.63, 3.8) is 0 Å². The molecule has 2 aliphatic rings. The van der Waals surface area contributed by atoms with Crippen molar-refractivity contribution in [3.05, 3.63) is 60.2 Å². The van der Waals surface area contributed by atoms with Crippen molar-refractivity contribution in [1.82, 2.24) is 4.90 Å². The molecule has 2 saturated heterocycles. The summed E-state index contributed by atoms with van der Waals surface area (Å²) in [6.07, 6.45) is 0. The van der Waals surface area contributed by atoms with Gasteiger partial charge in [-0.2, -0.15) is 0 Å². The Morgan fingerprint density at radius 1 is 1.00 bits per heavy atom. The van der Waals surface area contributed by atoms with Crippen LogP contribution in [-0.2, 0) is 16.4 Å². The molecule has 2 aliphatic heterocycles. The summed E-state index contributed by atoms with van der Waals surface area (Å²) in [5.74, 6) is 0.746. The van der Waals surface area contributed by atoms with E-state index in [0.717, 1.165) is 11.3 Å². The lowest BCUT2D eigenvalue weighted by Crippen LogP contribution is -2.37. The minimum atomic E-state index is -3.17. The maximum atomic E-state index is 13.2. The predicted molar refractivity (Wildman–Crippen MR) is 104 cm³/mol. The van der Waals surface area contributed by atoms with Crippen LogP contribution < -0.4 is 9.64 Å². The fraction of sp³-hybridized carbons (Fsp3) is 0.350. The molecule has 2 heterocycles. The minimum absolute atomic E-state index is 0.00189. The van der Waals surface area contributed by atoms with E-state index in [9.17, 15) is 13.2 Å². The number of amides is 2. The van der Waals surface area contributed by atoms with Crippen molar-refractivity contribution in [2.45, 2.75) is 25.6 Å². The molecule has 2 aromatic rings. The highest BCUT2D eigenvalue weighted by Crippen LogP contribution is 2.36. The highest BCUT2D eigenvalue weighted by molar-refractivity contribution is 7.91. The van der Waals surface area contributed by atoms with Crippen molar-refractivity contribution in [1.29, 1.82) is 0 Å². The lowest BCUT2D eigenvalue weighted by Gasteiger charge is -2.23. The molecule has 27 heavy (non-hydrogen) atoms. The quantitative estimate of drug-likeness (QED) is 0.741. The Hall–Kier alpha value is -2.54. The Labute approximate surface area is 159 Å². The lowest BCUT2D eigenvalue weighted by atomic mass is 10.1. The van der Waals surface area contributed by atoms with E-state index in [0.29, 0.717) is 18.8 Å². The second kappa shape index (κ2) is 6.88. The molecule has 2 atom stereocenters. The van der Waals surface area contributed by atoms with E-state index >= 15 is 0 Å². The average molecular weight is 386 g/mol. The lowest BCUT2D eigenvalue weighted by molar-refractivity contribution is 0.206. The number of benzene rings is 2. The van der Waals surface area contributed by atoms with E-state index in [1.807, 2.05) is 61.5 Å². The summed E-state index contributed by atoms with van der Waals surface area (Å²) in [6, 6.07) is 16.1. The van der Waals surface area contributed by atoms with Crippen molar-refractivity contribution < 1.29 is 17.9 Å². The molecule has 142 valence electrons. The van der Waals surface area contributed by atoms with Gasteiger partial charge < -0.3 is 9.64 Å². The average Bonchev–Trinajstić information content (AvgIpc) is 3.08. The molecule has 0 unspecified atom stereocenters. The molecule has 0 spiro atoms. The molecule has 2 amide bonds. The molecule has 0 radical (unpaired) electrons. The van der Waals surface area contributed by atoms with Gasteiger partial charge in [0.25, 0.3) is 0 Å². The number of hydrogen-bond acceptors (Lipinski definition) is 4. The zero-order chi connectivity index (χ0) is 19.0. The third-order valence-electron chi connectivity index (χ3n) is 5.10. The van der Waals surface area contributed by atoms with Crippen molar-refractivity contribution in [2.24, 2.45) is 0 Å². The molecule has 0 N–H and O–H groups in total. The second-order valence-corrected chi connectivity index (χ2v) is 9.06. The monoisotopic (exact) mass is 386 g/mol. The molecule has 0 aliphatic carbocycles. The summed E-state index contributed by atoms with van der Waals surface area (Å²) in [4.78, 5) is 16.5. The molecule has 2 aromatic carbocycles. The molecular weight excluding hydrogens is 364 g/mol. The largest absolute Gasteiger partial charge is 0.494 e. The molecule has 4 rings (SSSR count). The summed E-state index contributed by atoms with van der Waals surface area (Å²) >= 11 is 0. The van der Waals surface area contributed by atoms with Gasteiger partial charge in [-0.05, 0) is 36.8 Å². The molecular formula is C20H22N2O4S. The summed E-state index contributed by atoms with van der Waals surface area (Å²) in [7, 11) is -3.17. The highest BCUT2D eigenvalue weighted by atomic mass is 32.2. The number of hydrogen-bond donors (Lipinski definition) is 0. The predicted octanol–water partition coefficient (Wildman–Crippen LogP) is 2.69. The Balaban J connectivity index is 1.66. The Morgan fingerprint density at radius 2 is 1.67 bits per heavy atom. The summed E-state index contributed by atoms with van der Waals surface area (Å²) in [5, 5.41) is 0. The normalized spacial score (nSPS) is 23.5. The first-order chi connectivity index (χ1) is 13.0. The van der Waals surface area contributed by atoms with Crippen LogP contribution in [-0.4, -0.2) is 49.5 Å². The first-order valence-corrected chi connectivity index (χ1v) is 10.9. The van der Waals surface area contributed by atoms with E-state index in [1.54, 1.807) is 9.80 Å². The Kier molecular flexibility index (Phi) is 4.55. The van der Waals surface area contributed by atoms with Gasteiger partial charge in [-0.15, -0.1) is 0 Å². The summed E-state index contributed by atoms with van der Waals surface area (Å²) in [5.41, 5.74) is 1.69. The van der Waals surface area contributed by atoms with Gasteiger partial charge in [-0.1, -0.05) is 30.3 Å². The number of rotatable bonds is 5. The molecule has 6 nitrogen and oxygen atoms in total. The van der Waals surface area contributed by atoms with Crippen LogP contribution in [0.3, 0.4) is 0 Å². The zero-order valence-electron chi connectivity index (χ0n) is 15.1. The van der Waals surface area contributed by atoms with E-state index in [-0.39, 0.29) is 29.6 Å². The number of carbonyl (C=O) groups excluding carboxylic acids is 1. The van der Waals surface area contributed by atoms with Gasteiger partial charge in [0.05, 0.1) is 30.2 Å². The van der Waals surface area contributed by atoms with E-state index in [2.05, 4.69) is 0 Å². The standard InChI is InChI=1S/C20H22N2O4S/c1-2-26-17-10-8-16(9-11-17)22-19-14-27(24,25)13-18(19)21(20(22)23)12-15-6-4-3-5-7-15/h3-11,18-19H,2,12-14H2,1H3/t18-,19-/m1/s1. The van der Waals surface area contributed by atoms with Crippen molar-refractivity contribution in [3.8, 4) is 5.75 Å². The van der Waals surface area contributed by atoms with Crippen LogP contribution >= 0.6 is 0 Å². The molecule has 0 aromatic heterocycles. The summed E-state index contributed by atoms with van der Waals surface area (Å²) < 4.78 is 30.0. The van der Waals surface area contributed by atoms with Gasteiger partial charge in [0.2, 0.25) is 0 Å². The number of fused-ring (bicyclic) bond motifs is 1. The zero-order valence-corrected chi connectivity index (χ0v) is 15.9. The van der Waals surface area contributed by atoms with E-state index < -0.39 is 9.84 Å². The molecule has 2 fully saturated rings.